The van der Waals surface area contributed by atoms with E-state index in [0.717, 1.165) is 29.5 Å². The highest BCUT2D eigenvalue weighted by Crippen LogP contribution is 2.32. The van der Waals surface area contributed by atoms with Crippen LogP contribution >= 0.6 is 11.6 Å². The molecule has 4 rings (SSSR count). The highest BCUT2D eigenvalue weighted by Gasteiger charge is 2.25. The molecule has 3 amide bonds. The van der Waals surface area contributed by atoms with Crippen molar-refractivity contribution < 1.29 is 9.59 Å². The van der Waals surface area contributed by atoms with Gasteiger partial charge in [-0.15, -0.1) is 0 Å². The molecule has 0 saturated carbocycles. The van der Waals surface area contributed by atoms with Gasteiger partial charge in [-0.3, -0.25) is 4.79 Å². The number of benzene rings is 3. The van der Waals surface area contributed by atoms with E-state index in [0.29, 0.717) is 34.9 Å². The average molecular weight is 449 g/mol. The quantitative estimate of drug-likeness (QED) is 0.411. The maximum atomic E-state index is 12.6. The fourth-order valence-corrected chi connectivity index (χ4v) is 4.15. The molecule has 0 spiro atoms. The molecule has 0 heterocycles. The molecule has 0 fully saturated rings. The Hall–Kier alpha value is -3.51. The van der Waals surface area contributed by atoms with Crippen LogP contribution in [0.15, 0.2) is 66.7 Å². The Bertz CT molecular complexity index is 1150. The Labute approximate surface area is 192 Å². The number of anilines is 2. The molecule has 0 saturated heterocycles. The predicted molar refractivity (Wildman–Crippen MR) is 128 cm³/mol. The normalized spacial score (nSPS) is 14.5. The van der Waals surface area contributed by atoms with Crippen LogP contribution in [0.25, 0.3) is 0 Å². The number of aryl methyl sites for hydroxylation is 1. The van der Waals surface area contributed by atoms with Crippen molar-refractivity contribution >= 4 is 34.9 Å². The van der Waals surface area contributed by atoms with Crippen molar-refractivity contribution in [2.45, 2.75) is 25.3 Å². The maximum absolute atomic E-state index is 12.6. The van der Waals surface area contributed by atoms with Gasteiger partial charge in [0.05, 0.1) is 17.4 Å². The summed E-state index contributed by atoms with van der Waals surface area (Å²) >= 11 is 6.00. The van der Waals surface area contributed by atoms with Crippen LogP contribution in [-0.4, -0.2) is 18.5 Å². The molecule has 3 aromatic carbocycles. The lowest BCUT2D eigenvalue weighted by molar-refractivity contribution is 0.102. The molecule has 5 N–H and O–H groups in total. The number of fused-ring (bicyclic) bond motifs is 1. The number of urea groups is 1. The van der Waals surface area contributed by atoms with Gasteiger partial charge in [0.1, 0.15) is 0 Å². The van der Waals surface area contributed by atoms with Crippen molar-refractivity contribution in [2.75, 3.05) is 17.6 Å². The lowest BCUT2D eigenvalue weighted by atomic mass is 10.0. The second-order valence-electron chi connectivity index (χ2n) is 7.83. The Kier molecular flexibility index (Phi) is 6.61. The van der Waals surface area contributed by atoms with E-state index in [9.17, 15) is 9.59 Å². The van der Waals surface area contributed by atoms with Gasteiger partial charge >= 0.3 is 6.03 Å². The molecule has 7 heteroatoms. The smallest absolute Gasteiger partial charge is 0.315 e. The highest BCUT2D eigenvalue weighted by molar-refractivity contribution is 6.30. The molecule has 1 unspecified atom stereocenters. The van der Waals surface area contributed by atoms with Gasteiger partial charge in [-0.2, -0.15) is 0 Å². The van der Waals surface area contributed by atoms with Crippen LogP contribution in [0.1, 0.15) is 39.5 Å². The fourth-order valence-electron chi connectivity index (χ4n) is 3.94. The molecule has 0 aliphatic heterocycles. The van der Waals surface area contributed by atoms with Crippen molar-refractivity contribution in [3.63, 3.8) is 0 Å². The standard InChI is InChI=1S/C25H25ClN4O2/c26-19-5-3-4-16(14-19)12-13-28-25(32)30-22-11-9-17-15-18(8-10-20(17)22)24(31)29-23-7-2-1-6-21(23)27/h1-8,10,14-15,22H,9,11-13,27H2,(H,29,31)(H2,28,30,32). The van der Waals surface area contributed by atoms with Gasteiger partial charge in [-0.25, -0.2) is 4.79 Å². The van der Waals surface area contributed by atoms with Crippen molar-refractivity contribution in [2.24, 2.45) is 0 Å². The largest absolute Gasteiger partial charge is 0.397 e. The number of nitrogens with two attached hydrogens (primary N) is 1. The molecular formula is C25H25ClN4O2. The topological polar surface area (TPSA) is 96.2 Å². The third-order valence-corrected chi connectivity index (χ3v) is 5.82. The van der Waals surface area contributed by atoms with E-state index < -0.39 is 0 Å². The minimum Gasteiger partial charge on any atom is -0.397 e. The van der Waals surface area contributed by atoms with Gasteiger partial charge < -0.3 is 21.7 Å². The van der Waals surface area contributed by atoms with Crippen LogP contribution < -0.4 is 21.7 Å². The maximum Gasteiger partial charge on any atom is 0.315 e. The number of rotatable bonds is 6. The Morgan fingerprint density at radius 1 is 1.03 bits per heavy atom. The molecular weight excluding hydrogens is 424 g/mol. The van der Waals surface area contributed by atoms with E-state index in [-0.39, 0.29) is 18.0 Å². The molecule has 32 heavy (non-hydrogen) atoms. The first-order chi connectivity index (χ1) is 15.5. The van der Waals surface area contributed by atoms with E-state index >= 15 is 0 Å². The first-order valence-corrected chi connectivity index (χ1v) is 10.9. The zero-order valence-electron chi connectivity index (χ0n) is 17.5. The Morgan fingerprint density at radius 3 is 2.69 bits per heavy atom. The zero-order valence-corrected chi connectivity index (χ0v) is 18.3. The van der Waals surface area contributed by atoms with E-state index in [1.54, 1.807) is 18.2 Å². The van der Waals surface area contributed by atoms with Crippen LogP contribution in [0.2, 0.25) is 5.02 Å². The number of nitrogens with one attached hydrogen (secondary N) is 3. The van der Waals surface area contributed by atoms with E-state index in [1.165, 1.54) is 0 Å². The molecule has 1 aliphatic rings. The first kappa shape index (κ1) is 21.7. The van der Waals surface area contributed by atoms with Crippen molar-refractivity contribution in [3.05, 3.63) is 94.0 Å². The van der Waals surface area contributed by atoms with Gasteiger partial charge in [-0.1, -0.05) is 41.9 Å². The second-order valence-corrected chi connectivity index (χ2v) is 8.26. The number of para-hydroxylation sites is 2. The third kappa shape index (κ3) is 5.21. The van der Waals surface area contributed by atoms with Gasteiger partial charge in [-0.05, 0) is 72.4 Å². The van der Waals surface area contributed by atoms with E-state index in [2.05, 4.69) is 16.0 Å². The summed E-state index contributed by atoms with van der Waals surface area (Å²) in [6.07, 6.45) is 2.31. The summed E-state index contributed by atoms with van der Waals surface area (Å²) in [6.45, 7) is 0.521. The zero-order chi connectivity index (χ0) is 22.5. The minimum absolute atomic E-state index is 0.0713. The number of carbonyl (C=O) groups excluding carboxylic acids is 2. The van der Waals surface area contributed by atoms with Crippen molar-refractivity contribution in [1.29, 1.82) is 0 Å². The second kappa shape index (κ2) is 9.75. The number of hydrogen-bond donors (Lipinski definition) is 4. The van der Waals surface area contributed by atoms with Gasteiger partial charge in [0, 0.05) is 17.1 Å². The highest BCUT2D eigenvalue weighted by atomic mass is 35.5. The number of hydrogen-bond acceptors (Lipinski definition) is 3. The third-order valence-electron chi connectivity index (χ3n) is 5.59. The fraction of sp³-hybridized carbons (Fsp3) is 0.200. The Morgan fingerprint density at radius 2 is 1.88 bits per heavy atom. The van der Waals surface area contributed by atoms with Crippen LogP contribution in [-0.2, 0) is 12.8 Å². The van der Waals surface area contributed by atoms with Crippen LogP contribution in [0.5, 0.6) is 0 Å². The molecule has 164 valence electrons. The van der Waals surface area contributed by atoms with Crippen molar-refractivity contribution in [3.8, 4) is 0 Å². The summed E-state index contributed by atoms with van der Waals surface area (Å²) in [5.74, 6) is -0.208. The summed E-state index contributed by atoms with van der Waals surface area (Å²) < 4.78 is 0. The van der Waals surface area contributed by atoms with E-state index in [4.69, 9.17) is 17.3 Å². The van der Waals surface area contributed by atoms with Crippen LogP contribution in [0.4, 0.5) is 16.2 Å². The molecule has 6 nitrogen and oxygen atoms in total. The lowest BCUT2D eigenvalue weighted by Crippen LogP contribution is -2.38. The summed E-state index contributed by atoms with van der Waals surface area (Å²) in [6, 6.07) is 20.1. The summed E-state index contributed by atoms with van der Waals surface area (Å²) in [5.41, 5.74) is 10.8. The SMILES string of the molecule is Nc1ccccc1NC(=O)c1ccc2c(c1)CCC2NC(=O)NCCc1cccc(Cl)c1. The van der Waals surface area contributed by atoms with Crippen LogP contribution in [0, 0.1) is 0 Å². The molecule has 3 aromatic rings. The van der Waals surface area contributed by atoms with Crippen LogP contribution in [0.3, 0.4) is 0 Å². The van der Waals surface area contributed by atoms with E-state index in [1.807, 2.05) is 48.5 Å². The minimum atomic E-state index is -0.208. The lowest BCUT2D eigenvalue weighted by Gasteiger charge is -2.15. The van der Waals surface area contributed by atoms with Gasteiger partial charge in [0.2, 0.25) is 0 Å². The predicted octanol–water partition coefficient (Wildman–Crippen LogP) is 4.70. The number of carbonyl (C=O) groups is 2. The summed E-state index contributed by atoms with van der Waals surface area (Å²) in [7, 11) is 0. The van der Waals surface area contributed by atoms with Gasteiger partial charge in [0.15, 0.2) is 0 Å². The average Bonchev–Trinajstić information content (AvgIpc) is 3.17. The number of halogens is 1. The molecule has 0 bridgehead atoms. The molecule has 1 aliphatic carbocycles. The van der Waals surface area contributed by atoms with Gasteiger partial charge in [0.25, 0.3) is 5.91 Å². The summed E-state index contributed by atoms with van der Waals surface area (Å²) in [4.78, 5) is 25.0. The number of nitrogen functional groups attached to an aromatic ring is 1. The molecule has 1 atom stereocenters. The van der Waals surface area contributed by atoms with Crippen molar-refractivity contribution in [1.82, 2.24) is 10.6 Å². The number of amides is 3. The molecule has 0 aromatic heterocycles. The molecule has 0 radical (unpaired) electrons. The summed E-state index contributed by atoms with van der Waals surface area (Å²) in [5, 5.41) is 9.48. The monoisotopic (exact) mass is 448 g/mol. The Balaban J connectivity index is 1.32. The first-order valence-electron chi connectivity index (χ1n) is 10.6.